The average molecular weight is 302 g/mol. The fraction of sp³-hybridized carbons (Fsp3) is 0.417. The lowest BCUT2D eigenvalue weighted by Gasteiger charge is -2.14. The molecule has 7 heteroatoms. The van der Waals surface area contributed by atoms with Crippen molar-refractivity contribution in [2.24, 2.45) is 0 Å². The zero-order valence-corrected chi connectivity index (χ0v) is 12.4. The van der Waals surface area contributed by atoms with Gasteiger partial charge in [-0.2, -0.15) is 5.26 Å². The van der Waals surface area contributed by atoms with Crippen molar-refractivity contribution in [3.63, 3.8) is 0 Å². The quantitative estimate of drug-likeness (QED) is 0.863. The third kappa shape index (κ3) is 4.48. The van der Waals surface area contributed by atoms with Crippen molar-refractivity contribution in [3.05, 3.63) is 28.8 Å². The lowest BCUT2D eigenvalue weighted by molar-refractivity contribution is 0.358. The van der Waals surface area contributed by atoms with Crippen LogP contribution in [0.2, 0.25) is 5.02 Å². The second kappa shape index (κ2) is 6.87. The van der Waals surface area contributed by atoms with Gasteiger partial charge in [0.25, 0.3) is 0 Å². The van der Waals surface area contributed by atoms with Gasteiger partial charge in [0.2, 0.25) is 10.0 Å². The Balaban J connectivity index is 2.81. The zero-order valence-electron chi connectivity index (χ0n) is 10.9. The van der Waals surface area contributed by atoms with Crippen LogP contribution in [0.1, 0.15) is 12.5 Å². The zero-order chi connectivity index (χ0) is 14.5. The number of nitrogens with one attached hydrogen (secondary N) is 1. The summed E-state index contributed by atoms with van der Waals surface area (Å²) >= 11 is 5.88. The van der Waals surface area contributed by atoms with Crippen LogP contribution >= 0.6 is 11.6 Å². The van der Waals surface area contributed by atoms with Crippen molar-refractivity contribution < 1.29 is 8.42 Å². The number of likely N-dealkylation sites (N-methyl/N-ethyl adjacent to an activating group) is 1. The Kier molecular flexibility index (Phi) is 5.76. The Labute approximate surface area is 118 Å². The lowest BCUT2D eigenvalue weighted by atomic mass is 10.2. The molecule has 104 valence electrons. The Morgan fingerprint density at radius 2 is 2.16 bits per heavy atom. The first kappa shape index (κ1) is 15.9. The van der Waals surface area contributed by atoms with Crippen LogP contribution in [0.3, 0.4) is 0 Å². The van der Waals surface area contributed by atoms with Crippen LogP contribution in [0, 0.1) is 11.3 Å². The van der Waals surface area contributed by atoms with Crippen molar-refractivity contribution in [2.75, 3.05) is 26.7 Å². The smallest absolute Gasteiger partial charge is 0.242 e. The van der Waals surface area contributed by atoms with E-state index in [1.54, 1.807) is 0 Å². The van der Waals surface area contributed by atoms with E-state index in [-0.39, 0.29) is 9.92 Å². The van der Waals surface area contributed by atoms with E-state index < -0.39 is 10.0 Å². The fourth-order valence-corrected chi connectivity index (χ4v) is 2.96. The standard InChI is InChI=1S/C12H16ClN3O2S/c1-3-16(2)7-6-15-19(17,18)12-5-4-10(9-14)8-11(12)13/h4-5,8,15H,3,6-7H2,1-2H3. The molecule has 0 atom stereocenters. The molecule has 0 fully saturated rings. The normalized spacial score (nSPS) is 11.5. The van der Waals surface area contributed by atoms with Crippen molar-refractivity contribution in [2.45, 2.75) is 11.8 Å². The van der Waals surface area contributed by atoms with Gasteiger partial charge in [-0.25, -0.2) is 13.1 Å². The second-order valence-electron chi connectivity index (χ2n) is 4.05. The summed E-state index contributed by atoms with van der Waals surface area (Å²) in [5.74, 6) is 0. The summed E-state index contributed by atoms with van der Waals surface area (Å²) in [6.07, 6.45) is 0. The van der Waals surface area contributed by atoms with E-state index in [0.717, 1.165) is 6.54 Å². The third-order valence-corrected chi connectivity index (χ3v) is 4.62. The molecule has 0 spiro atoms. The minimum atomic E-state index is -3.64. The van der Waals surface area contributed by atoms with Gasteiger partial charge in [-0.05, 0) is 31.8 Å². The fourth-order valence-electron chi connectivity index (χ4n) is 1.40. The van der Waals surface area contributed by atoms with E-state index in [1.807, 2.05) is 24.9 Å². The molecule has 1 N–H and O–H groups in total. The van der Waals surface area contributed by atoms with Gasteiger partial charge in [0.1, 0.15) is 4.90 Å². The van der Waals surface area contributed by atoms with Gasteiger partial charge in [-0.3, -0.25) is 0 Å². The first-order valence-corrected chi connectivity index (χ1v) is 7.64. The Hall–Kier alpha value is -1.13. The highest BCUT2D eigenvalue weighted by Crippen LogP contribution is 2.22. The highest BCUT2D eigenvalue weighted by molar-refractivity contribution is 7.89. The monoisotopic (exact) mass is 301 g/mol. The number of rotatable bonds is 6. The summed E-state index contributed by atoms with van der Waals surface area (Å²) < 4.78 is 26.5. The topological polar surface area (TPSA) is 73.2 Å². The molecular formula is C12H16ClN3O2S. The summed E-state index contributed by atoms with van der Waals surface area (Å²) in [7, 11) is -1.73. The van der Waals surface area contributed by atoms with Crippen molar-refractivity contribution in [3.8, 4) is 6.07 Å². The van der Waals surface area contributed by atoms with Crippen molar-refractivity contribution in [1.82, 2.24) is 9.62 Å². The molecule has 0 saturated heterocycles. The number of benzene rings is 1. The molecule has 0 bridgehead atoms. The Morgan fingerprint density at radius 3 is 2.68 bits per heavy atom. The summed E-state index contributed by atoms with van der Waals surface area (Å²) in [6, 6.07) is 6.02. The van der Waals surface area contributed by atoms with Crippen LogP contribution in [0.5, 0.6) is 0 Å². The van der Waals surface area contributed by atoms with Crippen LogP contribution in [-0.2, 0) is 10.0 Å². The number of nitriles is 1. The summed E-state index contributed by atoms with van der Waals surface area (Å²) in [6.45, 7) is 3.76. The number of hydrogen-bond donors (Lipinski definition) is 1. The first-order valence-electron chi connectivity index (χ1n) is 5.78. The predicted octanol–water partition coefficient (Wildman–Crippen LogP) is 1.44. The van der Waals surface area contributed by atoms with Crippen LogP contribution in [-0.4, -0.2) is 40.0 Å². The van der Waals surface area contributed by atoms with Crippen molar-refractivity contribution in [1.29, 1.82) is 5.26 Å². The minimum Gasteiger partial charge on any atom is -0.305 e. The molecule has 5 nitrogen and oxygen atoms in total. The van der Waals surface area contributed by atoms with Crippen LogP contribution in [0.15, 0.2) is 23.1 Å². The molecule has 1 rings (SSSR count). The maximum Gasteiger partial charge on any atom is 0.242 e. The van der Waals surface area contributed by atoms with Gasteiger partial charge in [0, 0.05) is 13.1 Å². The number of hydrogen-bond acceptors (Lipinski definition) is 4. The lowest BCUT2D eigenvalue weighted by Crippen LogP contribution is -2.33. The molecule has 0 aromatic heterocycles. The SMILES string of the molecule is CCN(C)CCNS(=O)(=O)c1ccc(C#N)cc1Cl. The van der Waals surface area contributed by atoms with E-state index in [4.69, 9.17) is 16.9 Å². The van der Waals surface area contributed by atoms with Crippen LogP contribution in [0.4, 0.5) is 0 Å². The molecule has 0 aliphatic carbocycles. The molecular weight excluding hydrogens is 286 g/mol. The summed E-state index contributed by atoms with van der Waals surface area (Å²) in [4.78, 5) is 1.98. The van der Waals surface area contributed by atoms with Gasteiger partial charge < -0.3 is 4.90 Å². The third-order valence-electron chi connectivity index (χ3n) is 2.68. The molecule has 1 aromatic carbocycles. The van der Waals surface area contributed by atoms with E-state index >= 15 is 0 Å². The molecule has 19 heavy (non-hydrogen) atoms. The molecule has 0 radical (unpaired) electrons. The molecule has 1 aromatic rings. The minimum absolute atomic E-state index is 0.00711. The van der Waals surface area contributed by atoms with Gasteiger partial charge in [-0.1, -0.05) is 18.5 Å². The molecule has 0 unspecified atom stereocenters. The highest BCUT2D eigenvalue weighted by atomic mass is 35.5. The first-order chi connectivity index (χ1) is 8.90. The van der Waals surface area contributed by atoms with Gasteiger partial charge in [-0.15, -0.1) is 0 Å². The second-order valence-corrected chi connectivity index (χ2v) is 6.19. The number of halogens is 1. The van der Waals surface area contributed by atoms with Crippen molar-refractivity contribution >= 4 is 21.6 Å². The molecule has 0 amide bonds. The predicted molar refractivity (Wildman–Crippen MR) is 74.5 cm³/mol. The van der Waals surface area contributed by atoms with E-state index in [0.29, 0.717) is 18.7 Å². The summed E-state index contributed by atoms with van der Waals surface area (Å²) in [5.41, 5.74) is 0.328. The Bertz CT molecular complexity index is 581. The van der Waals surface area contributed by atoms with E-state index in [2.05, 4.69) is 4.72 Å². The molecule has 0 saturated carbocycles. The van der Waals surface area contributed by atoms with Gasteiger partial charge in [0.15, 0.2) is 0 Å². The van der Waals surface area contributed by atoms with E-state index in [9.17, 15) is 8.42 Å². The molecule has 0 aliphatic rings. The average Bonchev–Trinajstić information content (AvgIpc) is 2.37. The van der Waals surface area contributed by atoms with Gasteiger partial charge in [0.05, 0.1) is 16.7 Å². The van der Waals surface area contributed by atoms with E-state index in [1.165, 1.54) is 18.2 Å². The van der Waals surface area contributed by atoms with Gasteiger partial charge >= 0.3 is 0 Å². The molecule has 0 aliphatic heterocycles. The van der Waals surface area contributed by atoms with Crippen LogP contribution < -0.4 is 4.72 Å². The number of nitrogens with zero attached hydrogens (tertiary/aromatic N) is 2. The summed E-state index contributed by atoms with van der Waals surface area (Å²) in [5, 5.41) is 8.76. The molecule has 0 heterocycles. The maximum atomic E-state index is 12.0. The number of sulfonamides is 1. The highest BCUT2D eigenvalue weighted by Gasteiger charge is 2.17. The Morgan fingerprint density at radius 1 is 1.47 bits per heavy atom. The largest absolute Gasteiger partial charge is 0.305 e. The maximum absolute atomic E-state index is 12.0. The van der Waals surface area contributed by atoms with Crippen LogP contribution in [0.25, 0.3) is 0 Å².